The van der Waals surface area contributed by atoms with E-state index in [2.05, 4.69) is 0 Å². The molecule has 9 nitrogen and oxygen atoms in total. The van der Waals surface area contributed by atoms with Crippen LogP contribution in [-0.2, 0) is 26.3 Å². The number of aromatic hydroxyl groups is 1. The number of carbonyl (C=O) groups is 2. The number of ether oxygens (including phenoxy) is 1. The third kappa shape index (κ3) is 4.59. The minimum Gasteiger partial charge on any atom is -0.508 e. The molecule has 0 saturated heterocycles. The summed E-state index contributed by atoms with van der Waals surface area (Å²) >= 11 is 0. The van der Waals surface area contributed by atoms with Crippen molar-refractivity contribution in [2.75, 3.05) is 6.61 Å². The molecule has 1 aliphatic carbocycles. The van der Waals surface area contributed by atoms with Gasteiger partial charge in [-0.2, -0.15) is 12.7 Å². The molecule has 0 bridgehead atoms. The summed E-state index contributed by atoms with van der Waals surface area (Å²) in [5.41, 5.74) is 4.01. The molecule has 0 aromatic heterocycles. The number of carboxylic acid groups (broad SMARTS) is 1. The molecule has 0 saturated carbocycles. The Kier molecular flexibility index (Phi) is 6.27. The number of amides is 1. The van der Waals surface area contributed by atoms with Crippen molar-refractivity contribution < 1.29 is 37.5 Å². The van der Waals surface area contributed by atoms with Gasteiger partial charge >= 0.3 is 22.4 Å². The van der Waals surface area contributed by atoms with Gasteiger partial charge in [-0.15, -0.1) is 0 Å². The van der Waals surface area contributed by atoms with Gasteiger partial charge in [-0.1, -0.05) is 60.7 Å². The van der Waals surface area contributed by atoms with Crippen LogP contribution >= 0.6 is 0 Å². The van der Waals surface area contributed by atoms with Crippen molar-refractivity contribution >= 4 is 22.4 Å². The van der Waals surface area contributed by atoms with Gasteiger partial charge in [0.15, 0.2) is 6.04 Å². The van der Waals surface area contributed by atoms with Crippen LogP contribution in [0, 0.1) is 0 Å². The van der Waals surface area contributed by atoms with Crippen molar-refractivity contribution in [3.8, 4) is 16.9 Å². The molecule has 34 heavy (non-hydrogen) atoms. The second-order valence-corrected chi connectivity index (χ2v) is 9.09. The van der Waals surface area contributed by atoms with Crippen molar-refractivity contribution in [3.05, 3.63) is 89.5 Å². The Bertz CT molecular complexity index is 1290. The molecule has 0 fully saturated rings. The summed E-state index contributed by atoms with van der Waals surface area (Å²) < 4.78 is 38.8. The highest BCUT2D eigenvalue weighted by Gasteiger charge is 2.40. The molecule has 0 heterocycles. The van der Waals surface area contributed by atoms with Crippen LogP contribution in [0.2, 0.25) is 0 Å². The highest BCUT2D eigenvalue weighted by Crippen LogP contribution is 2.44. The first-order chi connectivity index (χ1) is 16.2. The molecule has 3 aromatic carbocycles. The summed E-state index contributed by atoms with van der Waals surface area (Å²) in [5, 5.41) is 19.0. The number of carbonyl (C=O) groups excluding carboxylic acids is 1. The topological polar surface area (TPSA) is 141 Å². The van der Waals surface area contributed by atoms with Crippen molar-refractivity contribution in [2.24, 2.45) is 0 Å². The Hall–Kier alpha value is -3.89. The van der Waals surface area contributed by atoms with E-state index in [1.54, 1.807) is 0 Å². The normalized spacial score (nSPS) is 13.6. The molecule has 1 atom stereocenters. The van der Waals surface area contributed by atoms with Crippen LogP contribution in [0.15, 0.2) is 72.8 Å². The number of aliphatic carboxylic acids is 1. The number of nitrogens with zero attached hydrogens (tertiary/aromatic N) is 1. The average Bonchev–Trinajstić information content (AvgIpc) is 3.11. The SMILES string of the molecule is O=C(O)C(Cc1ccc(O)cc1)N(C(=O)OCC1c2ccccc2-c2ccccc21)S(=O)(=O)O. The maximum absolute atomic E-state index is 12.8. The molecule has 3 aromatic rings. The van der Waals surface area contributed by atoms with E-state index in [4.69, 9.17) is 4.74 Å². The summed E-state index contributed by atoms with van der Waals surface area (Å²) in [6, 6.07) is 18.4. The third-order valence-corrected chi connectivity index (χ3v) is 6.60. The van der Waals surface area contributed by atoms with Crippen LogP contribution in [0.3, 0.4) is 0 Å². The number of benzene rings is 3. The number of phenolic OH excluding ortho intramolecular Hbond substituents is 1. The fourth-order valence-corrected chi connectivity index (χ4v) is 4.89. The first kappa shape index (κ1) is 23.3. The van der Waals surface area contributed by atoms with Crippen LogP contribution in [-0.4, -0.2) is 52.2 Å². The van der Waals surface area contributed by atoms with E-state index in [-0.39, 0.29) is 22.6 Å². The van der Waals surface area contributed by atoms with E-state index >= 15 is 0 Å². The van der Waals surface area contributed by atoms with Crippen molar-refractivity contribution in [1.82, 2.24) is 4.31 Å². The zero-order chi connectivity index (χ0) is 24.5. The molecule has 10 heteroatoms. The van der Waals surface area contributed by atoms with Gasteiger partial charge in [0.2, 0.25) is 0 Å². The Morgan fingerprint density at radius 2 is 1.44 bits per heavy atom. The highest BCUT2D eigenvalue weighted by molar-refractivity contribution is 7.84. The van der Waals surface area contributed by atoms with Gasteiger partial charge in [-0.3, -0.25) is 4.55 Å². The fourth-order valence-electron chi connectivity index (χ4n) is 4.17. The van der Waals surface area contributed by atoms with Gasteiger partial charge < -0.3 is 14.9 Å². The summed E-state index contributed by atoms with van der Waals surface area (Å²) in [6.07, 6.45) is -1.95. The van der Waals surface area contributed by atoms with Crippen molar-refractivity contribution in [3.63, 3.8) is 0 Å². The Morgan fingerprint density at radius 1 is 0.912 bits per heavy atom. The fraction of sp³-hybridized carbons (Fsp3) is 0.167. The summed E-state index contributed by atoms with van der Waals surface area (Å²) in [6.45, 7) is -0.259. The van der Waals surface area contributed by atoms with Crippen LogP contribution in [0.25, 0.3) is 11.1 Å². The standard InChI is InChI=1S/C24H21NO8S/c26-16-11-9-15(10-12-16)13-22(23(27)28)25(34(30,31)32)24(29)33-14-21-19-7-3-1-5-17(19)18-6-2-4-8-20(18)21/h1-12,21-22,26H,13-14H2,(H,27,28)(H,30,31,32). The largest absolute Gasteiger partial charge is 0.508 e. The lowest BCUT2D eigenvalue weighted by molar-refractivity contribution is -0.141. The van der Waals surface area contributed by atoms with Crippen molar-refractivity contribution in [2.45, 2.75) is 18.4 Å². The van der Waals surface area contributed by atoms with E-state index in [0.29, 0.717) is 5.56 Å². The lowest BCUT2D eigenvalue weighted by atomic mass is 9.98. The number of hydrogen-bond donors (Lipinski definition) is 3. The number of fused-ring (bicyclic) bond motifs is 3. The number of phenols is 1. The van der Waals surface area contributed by atoms with E-state index in [9.17, 15) is 32.8 Å². The molecule has 4 rings (SSSR count). The quantitative estimate of drug-likeness (QED) is 0.434. The zero-order valence-corrected chi connectivity index (χ0v) is 18.6. The average molecular weight is 483 g/mol. The van der Waals surface area contributed by atoms with E-state index in [1.807, 2.05) is 48.5 Å². The second-order valence-electron chi connectivity index (χ2n) is 7.80. The van der Waals surface area contributed by atoms with Crippen LogP contribution in [0.4, 0.5) is 4.79 Å². The van der Waals surface area contributed by atoms with Crippen LogP contribution < -0.4 is 0 Å². The molecule has 1 unspecified atom stereocenters. The van der Waals surface area contributed by atoms with E-state index < -0.39 is 34.8 Å². The molecule has 0 aliphatic heterocycles. The molecule has 0 radical (unpaired) electrons. The number of hydrogen-bond acceptors (Lipinski definition) is 6. The Balaban J connectivity index is 1.59. The first-order valence-electron chi connectivity index (χ1n) is 10.3. The van der Waals surface area contributed by atoms with E-state index in [1.165, 1.54) is 24.3 Å². The number of carboxylic acids is 1. The van der Waals surface area contributed by atoms with Gasteiger partial charge in [0.25, 0.3) is 0 Å². The molecule has 3 N–H and O–H groups in total. The molecular formula is C24H21NO8S. The predicted octanol–water partition coefficient (Wildman–Crippen LogP) is 3.44. The Morgan fingerprint density at radius 3 is 1.94 bits per heavy atom. The second kappa shape index (κ2) is 9.16. The smallest absolute Gasteiger partial charge is 0.426 e. The minimum absolute atomic E-state index is 0.0706. The first-order valence-corrected chi connectivity index (χ1v) is 11.7. The Labute approximate surface area is 195 Å². The summed E-state index contributed by atoms with van der Waals surface area (Å²) in [7, 11) is -5.27. The van der Waals surface area contributed by atoms with Gasteiger partial charge in [-0.25, -0.2) is 9.59 Å². The minimum atomic E-state index is -5.27. The van der Waals surface area contributed by atoms with E-state index in [0.717, 1.165) is 22.3 Å². The van der Waals surface area contributed by atoms with Gasteiger partial charge in [-0.05, 0) is 39.9 Å². The lowest BCUT2D eigenvalue weighted by Crippen LogP contribution is -2.49. The molecule has 1 amide bonds. The zero-order valence-electron chi connectivity index (χ0n) is 17.7. The van der Waals surface area contributed by atoms with Crippen LogP contribution in [0.1, 0.15) is 22.6 Å². The molecule has 0 spiro atoms. The maximum atomic E-state index is 12.8. The van der Waals surface area contributed by atoms with Crippen molar-refractivity contribution in [1.29, 1.82) is 0 Å². The molecule has 1 aliphatic rings. The van der Waals surface area contributed by atoms with Gasteiger partial charge in [0.05, 0.1) is 0 Å². The van der Waals surface area contributed by atoms with Gasteiger partial charge in [0, 0.05) is 12.3 Å². The lowest BCUT2D eigenvalue weighted by Gasteiger charge is -2.25. The number of rotatable bonds is 7. The van der Waals surface area contributed by atoms with Crippen LogP contribution in [0.5, 0.6) is 5.75 Å². The summed E-state index contributed by atoms with van der Waals surface area (Å²) in [4.78, 5) is 24.7. The predicted molar refractivity (Wildman–Crippen MR) is 122 cm³/mol. The maximum Gasteiger partial charge on any atom is 0.426 e. The summed E-state index contributed by atoms with van der Waals surface area (Å²) in [5.74, 6) is -2.11. The third-order valence-electron chi connectivity index (χ3n) is 5.70. The monoisotopic (exact) mass is 483 g/mol. The highest BCUT2D eigenvalue weighted by atomic mass is 32.2. The molecular weight excluding hydrogens is 462 g/mol. The van der Waals surface area contributed by atoms with Gasteiger partial charge in [0.1, 0.15) is 12.4 Å². The molecule has 176 valence electrons.